The predicted octanol–water partition coefficient (Wildman–Crippen LogP) is -0.539. The van der Waals surface area contributed by atoms with Crippen molar-refractivity contribution in [3.05, 3.63) is 40.6 Å². The van der Waals surface area contributed by atoms with E-state index in [1.165, 1.54) is 12.1 Å². The largest absolute Gasteiger partial charge is 0.508 e. The minimum Gasteiger partial charge on any atom is -0.508 e. The maximum absolute atomic E-state index is 13.2. The summed E-state index contributed by atoms with van der Waals surface area (Å²) < 4.78 is 16.5. The van der Waals surface area contributed by atoms with Gasteiger partial charge in [0.2, 0.25) is 17.5 Å². The van der Waals surface area contributed by atoms with Crippen LogP contribution in [0.15, 0.2) is 39.5 Å². The molecule has 12 heteroatoms. The molecule has 8 N–H and O–H groups in total. The van der Waals surface area contributed by atoms with Crippen LogP contribution in [0, 0.1) is 0 Å². The molecule has 0 amide bonds. The second kappa shape index (κ2) is 8.42. The van der Waals surface area contributed by atoms with Crippen LogP contribution in [0.5, 0.6) is 28.7 Å². The number of benzene rings is 2. The van der Waals surface area contributed by atoms with Crippen LogP contribution in [0.2, 0.25) is 0 Å². The van der Waals surface area contributed by atoms with Gasteiger partial charge in [-0.25, -0.2) is 0 Å². The van der Waals surface area contributed by atoms with Gasteiger partial charge in [-0.3, -0.25) is 4.79 Å². The van der Waals surface area contributed by atoms with Crippen molar-refractivity contribution in [1.82, 2.24) is 0 Å². The number of ether oxygens (including phenoxy) is 2. The summed E-state index contributed by atoms with van der Waals surface area (Å²) in [6.07, 6.45) is -8.34. The maximum Gasteiger partial charge on any atom is 0.235 e. The highest BCUT2D eigenvalue weighted by atomic mass is 16.7. The minimum atomic E-state index is -1.84. The van der Waals surface area contributed by atoms with Gasteiger partial charge in [0.25, 0.3) is 0 Å². The van der Waals surface area contributed by atoms with E-state index in [-0.39, 0.29) is 28.0 Å². The zero-order valence-corrected chi connectivity index (χ0v) is 16.7. The van der Waals surface area contributed by atoms with E-state index in [4.69, 9.17) is 13.9 Å². The molecule has 1 saturated heterocycles. The number of fused-ring (bicyclic) bond motifs is 1. The average Bonchev–Trinajstić information content (AvgIpc) is 2.78. The number of aliphatic hydroxyl groups excluding tert-OH is 4. The number of hydrogen-bond donors (Lipinski definition) is 8. The Hall–Kier alpha value is -3.55. The molecule has 12 nitrogen and oxygen atoms in total. The summed E-state index contributed by atoms with van der Waals surface area (Å²) in [6.45, 7) is -0.733. The van der Waals surface area contributed by atoms with Crippen LogP contribution in [0.3, 0.4) is 0 Å². The van der Waals surface area contributed by atoms with Crippen LogP contribution in [-0.4, -0.2) is 78.2 Å². The SMILES string of the molecule is O=c1c(O[C@@H]2O[C@H](CO)[C@@H](O)[C@@H](O)[C@H]2O)c(-c2cc(O)c(O)c(O)c2)oc2cc(O)ccc12. The normalized spacial score (nSPS) is 25.3. The molecular weight excluding hydrogens is 444 g/mol. The van der Waals surface area contributed by atoms with Crippen molar-refractivity contribution in [3.63, 3.8) is 0 Å². The first-order chi connectivity index (χ1) is 15.6. The summed E-state index contributed by atoms with van der Waals surface area (Å²) >= 11 is 0. The maximum atomic E-state index is 13.2. The van der Waals surface area contributed by atoms with E-state index in [9.17, 15) is 45.6 Å². The molecule has 3 aromatic rings. The van der Waals surface area contributed by atoms with Gasteiger partial charge in [0.15, 0.2) is 23.0 Å². The first kappa shape index (κ1) is 22.6. The Morgan fingerprint density at radius 3 is 2.21 bits per heavy atom. The third-order valence-corrected chi connectivity index (χ3v) is 5.25. The van der Waals surface area contributed by atoms with E-state index < -0.39 is 65.7 Å². The number of phenolic OH excluding ortho intramolecular Hbond substituents is 4. The molecular formula is C21H20O12. The Morgan fingerprint density at radius 2 is 1.58 bits per heavy atom. The van der Waals surface area contributed by atoms with Crippen LogP contribution in [0.25, 0.3) is 22.3 Å². The summed E-state index contributed by atoms with van der Waals surface area (Å²) in [6, 6.07) is 5.52. The lowest BCUT2D eigenvalue weighted by molar-refractivity contribution is -0.277. The van der Waals surface area contributed by atoms with Crippen LogP contribution >= 0.6 is 0 Å². The van der Waals surface area contributed by atoms with Crippen molar-refractivity contribution >= 4 is 11.0 Å². The molecule has 1 aromatic heterocycles. The van der Waals surface area contributed by atoms with E-state index in [1.54, 1.807) is 0 Å². The Labute approximate surface area is 184 Å². The number of phenols is 4. The van der Waals surface area contributed by atoms with Gasteiger partial charge in [0.05, 0.1) is 12.0 Å². The molecule has 0 unspecified atom stereocenters. The zero-order chi connectivity index (χ0) is 24.0. The van der Waals surface area contributed by atoms with E-state index in [2.05, 4.69) is 0 Å². The molecule has 176 valence electrons. The summed E-state index contributed by atoms with van der Waals surface area (Å²) in [7, 11) is 0. The lowest BCUT2D eigenvalue weighted by Gasteiger charge is -2.39. The molecule has 0 spiro atoms. The summed E-state index contributed by atoms with van der Waals surface area (Å²) in [5.74, 6) is -3.51. The lowest BCUT2D eigenvalue weighted by Crippen LogP contribution is -2.60. The Bertz CT molecular complexity index is 1230. The Kier molecular flexibility index (Phi) is 5.78. The minimum absolute atomic E-state index is 0.0524. The summed E-state index contributed by atoms with van der Waals surface area (Å²) in [5.41, 5.74) is -1.04. The number of aromatic hydroxyl groups is 4. The average molecular weight is 464 g/mol. The van der Waals surface area contributed by atoms with Crippen LogP contribution in [-0.2, 0) is 4.74 Å². The van der Waals surface area contributed by atoms with Crippen molar-refractivity contribution in [2.45, 2.75) is 30.7 Å². The van der Waals surface area contributed by atoms with Gasteiger partial charge in [0, 0.05) is 11.6 Å². The van der Waals surface area contributed by atoms with Crippen molar-refractivity contribution in [2.75, 3.05) is 6.61 Å². The fourth-order valence-corrected chi connectivity index (χ4v) is 3.48. The van der Waals surface area contributed by atoms with Gasteiger partial charge < -0.3 is 54.7 Å². The summed E-state index contributed by atoms with van der Waals surface area (Å²) in [4.78, 5) is 13.2. The van der Waals surface area contributed by atoms with Crippen molar-refractivity contribution in [2.24, 2.45) is 0 Å². The molecule has 0 radical (unpaired) electrons. The Balaban J connectivity index is 1.90. The summed E-state index contributed by atoms with van der Waals surface area (Å²) in [5, 5.41) is 78.7. The molecule has 4 rings (SSSR count). The lowest BCUT2D eigenvalue weighted by atomic mass is 9.99. The van der Waals surface area contributed by atoms with Crippen LogP contribution < -0.4 is 10.2 Å². The standard InChI is InChI=1S/C21H20O12/c22-6-13-16(28)17(29)18(30)21(32-13)33-20-14(26)9-2-1-8(23)5-12(9)31-19(20)7-3-10(24)15(27)11(25)4-7/h1-5,13,16-18,21-25,27-30H,6H2/t13-,16-,17-,18-,21+/m1/s1. The van der Waals surface area contributed by atoms with Gasteiger partial charge in [0.1, 0.15) is 35.7 Å². The molecule has 1 aliphatic rings. The highest BCUT2D eigenvalue weighted by Gasteiger charge is 2.45. The topological polar surface area (TPSA) is 211 Å². The van der Waals surface area contributed by atoms with E-state index in [0.29, 0.717) is 0 Å². The van der Waals surface area contributed by atoms with E-state index in [0.717, 1.165) is 18.2 Å². The van der Waals surface area contributed by atoms with Crippen molar-refractivity contribution in [1.29, 1.82) is 0 Å². The second-order valence-corrected chi connectivity index (χ2v) is 7.45. The van der Waals surface area contributed by atoms with Crippen LogP contribution in [0.1, 0.15) is 0 Å². The Morgan fingerprint density at radius 1 is 0.909 bits per heavy atom. The molecule has 33 heavy (non-hydrogen) atoms. The molecule has 5 atom stereocenters. The zero-order valence-electron chi connectivity index (χ0n) is 16.7. The van der Waals surface area contributed by atoms with E-state index in [1.807, 2.05) is 0 Å². The number of hydrogen-bond acceptors (Lipinski definition) is 12. The van der Waals surface area contributed by atoms with Gasteiger partial charge in [-0.1, -0.05) is 0 Å². The third kappa shape index (κ3) is 3.90. The monoisotopic (exact) mass is 464 g/mol. The molecule has 0 aliphatic carbocycles. The highest BCUT2D eigenvalue weighted by Crippen LogP contribution is 2.42. The second-order valence-electron chi connectivity index (χ2n) is 7.45. The van der Waals surface area contributed by atoms with Gasteiger partial charge >= 0.3 is 0 Å². The first-order valence-corrected chi connectivity index (χ1v) is 9.64. The van der Waals surface area contributed by atoms with Gasteiger partial charge in [-0.2, -0.15) is 0 Å². The first-order valence-electron chi connectivity index (χ1n) is 9.64. The quantitative estimate of drug-likeness (QED) is 0.229. The molecule has 0 bridgehead atoms. The van der Waals surface area contributed by atoms with Crippen molar-refractivity contribution < 1.29 is 54.7 Å². The molecule has 1 aliphatic heterocycles. The van der Waals surface area contributed by atoms with Crippen LogP contribution in [0.4, 0.5) is 0 Å². The third-order valence-electron chi connectivity index (χ3n) is 5.25. The molecule has 1 fully saturated rings. The molecule has 2 aromatic carbocycles. The smallest absolute Gasteiger partial charge is 0.235 e. The highest BCUT2D eigenvalue weighted by molar-refractivity contribution is 5.83. The molecule has 0 saturated carbocycles. The number of aliphatic hydroxyl groups is 4. The van der Waals surface area contributed by atoms with Gasteiger partial charge in [-0.05, 0) is 24.3 Å². The fraction of sp³-hybridized carbons (Fsp3) is 0.286. The molecule has 2 heterocycles. The predicted molar refractivity (Wildman–Crippen MR) is 109 cm³/mol. The van der Waals surface area contributed by atoms with Crippen molar-refractivity contribution in [3.8, 4) is 40.1 Å². The number of rotatable bonds is 4. The van der Waals surface area contributed by atoms with Gasteiger partial charge in [-0.15, -0.1) is 0 Å². The van der Waals surface area contributed by atoms with E-state index >= 15 is 0 Å². The fourth-order valence-electron chi connectivity index (χ4n) is 3.48.